The second kappa shape index (κ2) is 4.67. The van der Waals surface area contributed by atoms with Gasteiger partial charge in [-0.3, -0.25) is 0 Å². The molecular weight excluding hydrogens is 184 g/mol. The second-order valence-corrected chi connectivity index (χ2v) is 6.99. The third-order valence-electron chi connectivity index (χ3n) is 2.58. The topological polar surface area (TPSA) is 29.5 Å². The number of ether oxygens (including phenoxy) is 1. The fourth-order valence-corrected chi connectivity index (χ4v) is 2.14. The van der Waals surface area contributed by atoms with Crippen molar-refractivity contribution in [3.63, 3.8) is 0 Å². The van der Waals surface area contributed by atoms with Gasteiger partial charge in [0, 0.05) is 0 Å². The van der Waals surface area contributed by atoms with Gasteiger partial charge in [-0.1, -0.05) is 0 Å². The molecule has 0 aliphatic heterocycles. The lowest BCUT2D eigenvalue weighted by molar-refractivity contribution is -0.0346. The van der Waals surface area contributed by atoms with E-state index in [1.165, 1.54) is 0 Å². The van der Waals surface area contributed by atoms with Crippen LogP contribution in [0.5, 0.6) is 0 Å². The first-order valence-corrected chi connectivity index (χ1v) is 7.40. The van der Waals surface area contributed by atoms with Crippen LogP contribution in [-0.4, -0.2) is 35.3 Å². The summed E-state index contributed by atoms with van der Waals surface area (Å²) in [7, 11) is 0.0661. The van der Waals surface area contributed by atoms with Gasteiger partial charge in [0.2, 0.25) is 0 Å². The molecule has 13 heavy (non-hydrogen) atoms. The quantitative estimate of drug-likeness (QED) is 0.691. The van der Waals surface area contributed by atoms with E-state index in [0.717, 1.165) is 31.6 Å². The number of thiol groups is 1. The van der Waals surface area contributed by atoms with Gasteiger partial charge in [0.15, 0.2) is 0 Å². The van der Waals surface area contributed by atoms with Crippen LogP contribution in [0.25, 0.3) is 0 Å². The minimum atomic E-state index is -0.428. The molecule has 0 aromatic carbocycles. The summed E-state index contributed by atoms with van der Waals surface area (Å²) in [4.78, 5) is 0. The maximum Gasteiger partial charge on any atom is 0.0746 e. The van der Waals surface area contributed by atoms with Crippen LogP contribution in [-0.2, 0) is 4.74 Å². The zero-order chi connectivity index (χ0) is 9.90. The molecule has 0 unspecified atom stereocenters. The predicted molar refractivity (Wildman–Crippen MR) is 59.7 cm³/mol. The molecule has 1 aliphatic carbocycles. The Balaban J connectivity index is 2.18. The van der Waals surface area contributed by atoms with Crippen molar-refractivity contribution in [3.05, 3.63) is 0 Å². The Morgan fingerprint density at radius 1 is 1.38 bits per heavy atom. The van der Waals surface area contributed by atoms with Crippen LogP contribution in [0.1, 0.15) is 32.6 Å². The van der Waals surface area contributed by atoms with Gasteiger partial charge >= 0.3 is 0 Å². The highest BCUT2D eigenvalue weighted by molar-refractivity contribution is 8.15. The molecule has 0 aromatic heterocycles. The van der Waals surface area contributed by atoms with Crippen LogP contribution >= 0.6 is 10.9 Å². The summed E-state index contributed by atoms with van der Waals surface area (Å²) in [6.45, 7) is 1.93. The summed E-state index contributed by atoms with van der Waals surface area (Å²) in [5.74, 6) is 0.919. The zero-order valence-corrected chi connectivity index (χ0v) is 9.81. The normalized spacial score (nSPS) is 36.0. The summed E-state index contributed by atoms with van der Waals surface area (Å²) in [5, 5.41) is 9.72. The SMILES string of the molecule is C[SH](C)COC1CCC(C)(O)CC1. The molecule has 3 heteroatoms. The summed E-state index contributed by atoms with van der Waals surface area (Å²) in [6, 6.07) is 0. The molecule has 1 N–H and O–H groups in total. The highest BCUT2D eigenvalue weighted by Crippen LogP contribution is 2.30. The summed E-state index contributed by atoms with van der Waals surface area (Å²) in [6.07, 6.45) is 8.70. The summed E-state index contributed by atoms with van der Waals surface area (Å²) < 4.78 is 5.76. The van der Waals surface area contributed by atoms with Crippen molar-refractivity contribution in [2.24, 2.45) is 0 Å². The van der Waals surface area contributed by atoms with E-state index in [1.807, 2.05) is 6.92 Å². The Labute approximate surface area is 84.0 Å². The molecule has 0 atom stereocenters. The maximum atomic E-state index is 9.72. The molecule has 0 aromatic rings. The minimum Gasteiger partial charge on any atom is -0.390 e. The first kappa shape index (κ1) is 11.3. The van der Waals surface area contributed by atoms with Crippen LogP contribution in [0, 0.1) is 0 Å². The Hall–Kier alpha value is 0.270. The maximum absolute atomic E-state index is 9.72. The van der Waals surface area contributed by atoms with Crippen molar-refractivity contribution in [2.45, 2.75) is 44.3 Å². The Morgan fingerprint density at radius 3 is 2.38 bits per heavy atom. The molecular formula is C10H22O2S. The molecule has 2 nitrogen and oxygen atoms in total. The molecule has 0 amide bonds. The van der Waals surface area contributed by atoms with Crippen molar-refractivity contribution in [1.29, 1.82) is 0 Å². The van der Waals surface area contributed by atoms with Gasteiger partial charge in [-0.15, -0.1) is 0 Å². The Kier molecular flexibility index (Phi) is 4.07. The Bertz CT molecular complexity index is 144. The highest BCUT2D eigenvalue weighted by Gasteiger charge is 2.28. The average Bonchev–Trinajstić information content (AvgIpc) is 2.02. The number of aliphatic hydroxyl groups is 1. The molecule has 1 fully saturated rings. The largest absolute Gasteiger partial charge is 0.390 e. The lowest BCUT2D eigenvalue weighted by atomic mass is 9.85. The van der Waals surface area contributed by atoms with Crippen molar-refractivity contribution >= 4 is 10.9 Å². The molecule has 1 rings (SSSR count). The van der Waals surface area contributed by atoms with Crippen molar-refractivity contribution in [2.75, 3.05) is 18.5 Å². The molecule has 0 radical (unpaired) electrons. The van der Waals surface area contributed by atoms with Gasteiger partial charge in [0.05, 0.1) is 17.6 Å². The van der Waals surface area contributed by atoms with Crippen LogP contribution in [0.2, 0.25) is 0 Å². The number of hydrogen-bond acceptors (Lipinski definition) is 2. The van der Waals surface area contributed by atoms with Gasteiger partial charge in [-0.2, -0.15) is 0 Å². The van der Waals surface area contributed by atoms with Crippen molar-refractivity contribution in [3.8, 4) is 0 Å². The monoisotopic (exact) mass is 206 g/mol. The van der Waals surface area contributed by atoms with Crippen LogP contribution < -0.4 is 0 Å². The van der Waals surface area contributed by atoms with Crippen molar-refractivity contribution in [1.82, 2.24) is 0 Å². The molecule has 0 heterocycles. The van der Waals surface area contributed by atoms with Crippen LogP contribution in [0.15, 0.2) is 0 Å². The molecule has 0 spiro atoms. The van der Waals surface area contributed by atoms with Gasteiger partial charge in [0.25, 0.3) is 0 Å². The van der Waals surface area contributed by atoms with Gasteiger partial charge in [-0.25, -0.2) is 10.9 Å². The Morgan fingerprint density at radius 2 is 1.92 bits per heavy atom. The lowest BCUT2D eigenvalue weighted by Crippen LogP contribution is -2.33. The van der Waals surface area contributed by atoms with E-state index < -0.39 is 5.60 Å². The van der Waals surface area contributed by atoms with Gasteiger partial charge in [-0.05, 0) is 45.1 Å². The first-order valence-electron chi connectivity index (χ1n) is 4.98. The second-order valence-electron chi connectivity index (χ2n) is 4.57. The van der Waals surface area contributed by atoms with Crippen molar-refractivity contribution < 1.29 is 9.84 Å². The first-order chi connectivity index (χ1) is 5.99. The lowest BCUT2D eigenvalue weighted by Gasteiger charge is -2.33. The smallest absolute Gasteiger partial charge is 0.0746 e. The highest BCUT2D eigenvalue weighted by atomic mass is 32.2. The van der Waals surface area contributed by atoms with E-state index in [1.54, 1.807) is 0 Å². The standard InChI is InChI=1S/C10H22O2S/c1-10(11)6-4-9(5-7-10)12-8-13(2)3/h9,11,13H,4-8H2,1-3H3. The van der Waals surface area contributed by atoms with Gasteiger partial charge < -0.3 is 9.84 Å². The fourth-order valence-electron chi connectivity index (χ4n) is 1.63. The van der Waals surface area contributed by atoms with E-state index >= 15 is 0 Å². The van der Waals surface area contributed by atoms with Crippen LogP contribution in [0.4, 0.5) is 0 Å². The molecule has 1 saturated carbocycles. The average molecular weight is 206 g/mol. The summed E-state index contributed by atoms with van der Waals surface area (Å²) >= 11 is 0. The number of hydrogen-bond donors (Lipinski definition) is 2. The van der Waals surface area contributed by atoms with E-state index in [-0.39, 0.29) is 10.9 Å². The predicted octanol–water partition coefficient (Wildman–Crippen LogP) is 1.91. The van der Waals surface area contributed by atoms with E-state index in [2.05, 4.69) is 12.5 Å². The van der Waals surface area contributed by atoms with E-state index in [4.69, 9.17) is 4.74 Å². The zero-order valence-electron chi connectivity index (χ0n) is 8.92. The third kappa shape index (κ3) is 4.34. The summed E-state index contributed by atoms with van der Waals surface area (Å²) in [5.41, 5.74) is -0.428. The molecule has 80 valence electrons. The van der Waals surface area contributed by atoms with E-state index in [0.29, 0.717) is 6.10 Å². The third-order valence-corrected chi connectivity index (χ3v) is 3.24. The number of rotatable bonds is 3. The molecule has 0 bridgehead atoms. The van der Waals surface area contributed by atoms with E-state index in [9.17, 15) is 5.11 Å². The molecule has 0 saturated heterocycles. The van der Waals surface area contributed by atoms with Crippen LogP contribution in [0.3, 0.4) is 0 Å². The van der Waals surface area contributed by atoms with Gasteiger partial charge in [0.1, 0.15) is 0 Å². The minimum absolute atomic E-state index is 0.0661. The fraction of sp³-hybridized carbons (Fsp3) is 1.00. The molecule has 1 aliphatic rings.